The molecule has 0 amide bonds. The molecule has 0 aliphatic heterocycles. The van der Waals surface area contributed by atoms with Gasteiger partial charge in [-0.15, -0.1) is 0 Å². The predicted octanol–water partition coefficient (Wildman–Crippen LogP) is 10.7. The van der Waals surface area contributed by atoms with Crippen LogP contribution in [0.4, 0.5) is 0 Å². The predicted molar refractivity (Wildman–Crippen MR) is 152 cm³/mol. The number of benzene rings is 1. The Bertz CT molecular complexity index is 630. The van der Waals surface area contributed by atoms with Crippen molar-refractivity contribution in [2.24, 2.45) is 0 Å². The third-order valence-electron chi connectivity index (χ3n) is 6.82. The number of hydrogen-bond acceptors (Lipinski definition) is 3. The van der Waals surface area contributed by atoms with Gasteiger partial charge in [-0.25, -0.2) is 0 Å². The molecule has 1 aromatic carbocycles. The molecule has 200 valence electrons. The SMILES string of the molecule is CCCCCC(C)(C)O[PH](Oc1ccccc1)(OC(C)(C)CCCCC)C(C)(C)CCCCC. The van der Waals surface area contributed by atoms with E-state index in [0.29, 0.717) is 0 Å². The molecule has 3 nitrogen and oxygen atoms in total. The van der Waals surface area contributed by atoms with Gasteiger partial charge in [0.15, 0.2) is 0 Å². The van der Waals surface area contributed by atoms with E-state index >= 15 is 0 Å². The van der Waals surface area contributed by atoms with Gasteiger partial charge in [0.1, 0.15) is 0 Å². The van der Waals surface area contributed by atoms with Crippen LogP contribution in [-0.2, 0) is 9.05 Å². The second kappa shape index (κ2) is 14.8. The summed E-state index contributed by atoms with van der Waals surface area (Å²) in [6.45, 7) is 20.3. The van der Waals surface area contributed by atoms with E-state index in [1.165, 1.54) is 38.5 Å². The van der Waals surface area contributed by atoms with E-state index in [4.69, 9.17) is 13.6 Å². The quantitative estimate of drug-likeness (QED) is 0.141. The van der Waals surface area contributed by atoms with Crippen molar-refractivity contribution in [1.82, 2.24) is 0 Å². The van der Waals surface area contributed by atoms with Crippen LogP contribution < -0.4 is 4.52 Å². The average molecular weight is 497 g/mol. The Hall–Kier alpha value is -0.630. The Labute approximate surface area is 213 Å². The molecule has 0 atom stereocenters. The standard InChI is InChI=1S/C30H57O3P/c1-10-13-19-24-28(4,5)32-34(30(8,9)26-21-15-12-3,31-27-22-17-16-18-23-27)33-29(6,7)25-20-14-11-2/h16-18,22-23,34H,10-15,19-21,24-26H2,1-9H3. The van der Waals surface area contributed by atoms with Crippen LogP contribution >= 0.6 is 7.94 Å². The Morgan fingerprint density at radius 1 is 0.588 bits per heavy atom. The minimum absolute atomic E-state index is 0.206. The zero-order valence-electron chi connectivity index (χ0n) is 24.1. The summed E-state index contributed by atoms with van der Waals surface area (Å²) < 4.78 is 21.4. The molecule has 0 radical (unpaired) electrons. The maximum atomic E-state index is 7.21. The van der Waals surface area contributed by atoms with Crippen molar-refractivity contribution in [3.8, 4) is 5.75 Å². The van der Waals surface area contributed by atoms with Crippen LogP contribution in [0.2, 0.25) is 0 Å². The fourth-order valence-electron chi connectivity index (χ4n) is 4.52. The number of unbranched alkanes of at least 4 members (excludes halogenated alkanes) is 6. The van der Waals surface area contributed by atoms with Gasteiger partial charge in [0.25, 0.3) is 0 Å². The molecular weight excluding hydrogens is 439 g/mol. The van der Waals surface area contributed by atoms with Gasteiger partial charge in [-0.05, 0) is 0 Å². The van der Waals surface area contributed by atoms with Gasteiger partial charge in [0, 0.05) is 0 Å². The third kappa shape index (κ3) is 11.0. The first-order valence-corrected chi connectivity index (χ1v) is 15.8. The van der Waals surface area contributed by atoms with Gasteiger partial charge in [-0.1, -0.05) is 0 Å². The fraction of sp³-hybridized carbons (Fsp3) is 0.800. The molecule has 1 aromatic rings. The Kier molecular flexibility index (Phi) is 13.7. The number of para-hydroxylation sites is 1. The van der Waals surface area contributed by atoms with E-state index < -0.39 is 7.94 Å². The van der Waals surface area contributed by atoms with Crippen LogP contribution in [0.5, 0.6) is 5.75 Å². The molecule has 0 unspecified atom stereocenters. The van der Waals surface area contributed by atoms with Crippen molar-refractivity contribution < 1.29 is 13.6 Å². The van der Waals surface area contributed by atoms with Gasteiger partial charge in [0.2, 0.25) is 0 Å². The molecule has 0 saturated carbocycles. The van der Waals surface area contributed by atoms with Crippen LogP contribution in [0, 0.1) is 0 Å². The summed E-state index contributed by atoms with van der Waals surface area (Å²) in [7, 11) is -3.21. The van der Waals surface area contributed by atoms with Gasteiger partial charge in [0.05, 0.1) is 0 Å². The fourth-order valence-corrected chi connectivity index (χ4v) is 8.06. The van der Waals surface area contributed by atoms with Crippen LogP contribution in [0.1, 0.15) is 139 Å². The van der Waals surface area contributed by atoms with E-state index in [1.807, 2.05) is 30.3 Å². The first kappa shape index (κ1) is 31.4. The molecule has 0 fully saturated rings. The summed E-state index contributed by atoms with van der Waals surface area (Å²) in [5, 5.41) is -0.206. The van der Waals surface area contributed by atoms with E-state index in [1.54, 1.807) is 0 Å². The molecule has 0 aliphatic rings. The molecule has 0 aliphatic carbocycles. The van der Waals surface area contributed by atoms with Crippen molar-refractivity contribution in [1.29, 1.82) is 0 Å². The molecule has 0 heterocycles. The first-order chi connectivity index (χ1) is 15.9. The Balaban J connectivity index is 3.44. The summed E-state index contributed by atoms with van der Waals surface area (Å²) >= 11 is 0. The van der Waals surface area contributed by atoms with Gasteiger partial charge >= 0.3 is 213 Å². The zero-order chi connectivity index (χ0) is 25.7. The van der Waals surface area contributed by atoms with Crippen molar-refractivity contribution in [2.75, 3.05) is 0 Å². The summed E-state index contributed by atoms with van der Waals surface area (Å²) in [6, 6.07) is 10.2. The van der Waals surface area contributed by atoms with Crippen LogP contribution in [0.25, 0.3) is 0 Å². The molecule has 0 saturated heterocycles. The molecule has 34 heavy (non-hydrogen) atoms. The average Bonchev–Trinajstić information content (AvgIpc) is 2.74. The Morgan fingerprint density at radius 3 is 1.41 bits per heavy atom. The van der Waals surface area contributed by atoms with Crippen LogP contribution in [0.15, 0.2) is 30.3 Å². The van der Waals surface area contributed by atoms with Gasteiger partial charge in [-0.2, -0.15) is 0 Å². The molecule has 4 heteroatoms. The molecular formula is C30H57O3P. The topological polar surface area (TPSA) is 27.7 Å². The van der Waals surface area contributed by atoms with E-state index in [0.717, 1.165) is 44.3 Å². The molecule has 0 N–H and O–H groups in total. The second-order valence-electron chi connectivity index (χ2n) is 12.0. The summed E-state index contributed by atoms with van der Waals surface area (Å²) in [4.78, 5) is 0. The maximum absolute atomic E-state index is 7.21. The second-order valence-corrected chi connectivity index (χ2v) is 15.0. The Morgan fingerprint density at radius 2 is 1.00 bits per heavy atom. The normalized spacial score (nSPS) is 13.8. The van der Waals surface area contributed by atoms with Crippen LogP contribution in [0.3, 0.4) is 0 Å². The number of hydrogen-bond donors (Lipinski definition) is 0. The molecule has 0 spiro atoms. The van der Waals surface area contributed by atoms with Crippen molar-refractivity contribution in [2.45, 2.75) is 156 Å². The van der Waals surface area contributed by atoms with Crippen molar-refractivity contribution >= 4 is 7.94 Å². The first-order valence-electron chi connectivity index (χ1n) is 14.1. The molecule has 0 bridgehead atoms. The monoisotopic (exact) mass is 496 g/mol. The number of rotatable bonds is 19. The zero-order valence-corrected chi connectivity index (χ0v) is 25.1. The summed E-state index contributed by atoms with van der Waals surface area (Å²) in [6.07, 6.45) is 13.9. The van der Waals surface area contributed by atoms with Crippen molar-refractivity contribution in [3.63, 3.8) is 0 Å². The van der Waals surface area contributed by atoms with Gasteiger partial charge in [-0.3, -0.25) is 0 Å². The van der Waals surface area contributed by atoms with E-state index in [-0.39, 0.29) is 16.4 Å². The third-order valence-corrected chi connectivity index (χ3v) is 10.9. The van der Waals surface area contributed by atoms with E-state index in [2.05, 4.69) is 62.3 Å². The summed E-state index contributed by atoms with van der Waals surface area (Å²) in [5.74, 6) is 0.853. The summed E-state index contributed by atoms with van der Waals surface area (Å²) in [5.41, 5.74) is -0.616. The molecule has 0 aromatic heterocycles. The van der Waals surface area contributed by atoms with Crippen LogP contribution in [-0.4, -0.2) is 16.4 Å². The van der Waals surface area contributed by atoms with E-state index in [9.17, 15) is 0 Å². The molecule has 1 rings (SSSR count). The minimum atomic E-state index is -3.21. The van der Waals surface area contributed by atoms with Crippen molar-refractivity contribution in [3.05, 3.63) is 30.3 Å². The van der Waals surface area contributed by atoms with Gasteiger partial charge < -0.3 is 0 Å².